The fourth-order valence-electron chi connectivity index (χ4n) is 1.56. The molecule has 0 radical (unpaired) electrons. The van der Waals surface area contributed by atoms with Crippen LogP contribution in [0.3, 0.4) is 0 Å². The van der Waals surface area contributed by atoms with E-state index in [4.69, 9.17) is 4.84 Å². The fraction of sp³-hybridized carbons (Fsp3) is 0.333. The van der Waals surface area contributed by atoms with Crippen molar-refractivity contribution in [3.8, 4) is 0 Å². The van der Waals surface area contributed by atoms with Gasteiger partial charge in [0.25, 0.3) is 5.91 Å². The van der Waals surface area contributed by atoms with Crippen LogP contribution >= 0.6 is 0 Å². The monoisotopic (exact) mass is 233 g/mol. The molecule has 90 valence electrons. The molecule has 2 aromatic rings. The van der Waals surface area contributed by atoms with Crippen molar-refractivity contribution in [2.75, 3.05) is 0 Å². The zero-order valence-electron chi connectivity index (χ0n) is 10.1. The smallest absolute Gasteiger partial charge is 0.271 e. The topological polar surface area (TPSA) is 55.6 Å². The first-order chi connectivity index (χ1) is 8.08. The van der Waals surface area contributed by atoms with Crippen molar-refractivity contribution >= 4 is 11.4 Å². The lowest BCUT2D eigenvalue weighted by Crippen LogP contribution is -2.28. The number of nitrogens with zero attached hydrogens (tertiary/aromatic N) is 2. The predicted molar refractivity (Wildman–Crippen MR) is 63.6 cm³/mol. The van der Waals surface area contributed by atoms with Gasteiger partial charge in [-0.2, -0.15) is 5.10 Å². The summed E-state index contributed by atoms with van der Waals surface area (Å²) in [5.74, 6) is -0.295. The van der Waals surface area contributed by atoms with Crippen LogP contribution in [0.5, 0.6) is 0 Å². The number of pyridine rings is 1. The van der Waals surface area contributed by atoms with E-state index in [0.717, 1.165) is 11.1 Å². The van der Waals surface area contributed by atoms with Gasteiger partial charge in [-0.25, -0.2) is 10.00 Å². The van der Waals surface area contributed by atoms with E-state index in [1.807, 2.05) is 32.9 Å². The van der Waals surface area contributed by atoms with Crippen LogP contribution in [0.2, 0.25) is 0 Å². The van der Waals surface area contributed by atoms with Gasteiger partial charge < -0.3 is 0 Å². The Morgan fingerprint density at radius 3 is 2.94 bits per heavy atom. The Bertz CT molecular complexity index is 546. The van der Waals surface area contributed by atoms with Crippen molar-refractivity contribution in [1.82, 2.24) is 15.1 Å². The average molecular weight is 233 g/mol. The van der Waals surface area contributed by atoms with E-state index in [0.29, 0.717) is 5.69 Å². The molecule has 0 saturated heterocycles. The molecule has 2 aromatic heterocycles. The van der Waals surface area contributed by atoms with Crippen molar-refractivity contribution in [1.29, 1.82) is 0 Å². The molecule has 0 saturated carbocycles. The number of aryl methyl sites for hydroxylation is 1. The first kappa shape index (κ1) is 11.6. The number of carbonyl (C=O) groups excluding carboxylic acids is 1. The van der Waals surface area contributed by atoms with Crippen LogP contribution in [0.1, 0.15) is 29.9 Å². The Hall–Kier alpha value is -1.88. The second kappa shape index (κ2) is 4.55. The van der Waals surface area contributed by atoms with Gasteiger partial charge in [-0.1, -0.05) is 0 Å². The second-order valence-electron chi connectivity index (χ2n) is 4.18. The minimum atomic E-state index is -0.295. The highest BCUT2D eigenvalue weighted by atomic mass is 16.7. The second-order valence-corrected chi connectivity index (χ2v) is 4.18. The number of fused-ring (bicyclic) bond motifs is 1. The number of carbonyl (C=O) groups is 1. The summed E-state index contributed by atoms with van der Waals surface area (Å²) in [7, 11) is 0. The highest BCUT2D eigenvalue weighted by Gasteiger charge is 2.12. The number of aromatic nitrogens is 2. The molecule has 0 fully saturated rings. The molecule has 17 heavy (non-hydrogen) atoms. The van der Waals surface area contributed by atoms with E-state index < -0.39 is 0 Å². The van der Waals surface area contributed by atoms with Crippen molar-refractivity contribution in [2.24, 2.45) is 0 Å². The molecule has 0 spiro atoms. The first-order valence-corrected chi connectivity index (χ1v) is 5.48. The van der Waals surface area contributed by atoms with Crippen LogP contribution in [0.15, 0.2) is 24.4 Å². The van der Waals surface area contributed by atoms with Gasteiger partial charge >= 0.3 is 0 Å². The predicted octanol–water partition coefficient (Wildman–Crippen LogP) is 1.71. The third-order valence-electron chi connectivity index (χ3n) is 2.26. The molecule has 0 aliphatic rings. The number of amides is 1. The maximum Gasteiger partial charge on any atom is 0.293 e. The zero-order valence-corrected chi connectivity index (χ0v) is 10.1. The summed E-state index contributed by atoms with van der Waals surface area (Å²) >= 11 is 0. The molecule has 0 aliphatic heterocycles. The normalized spacial score (nSPS) is 11.1. The Balaban J connectivity index is 2.33. The molecule has 0 aliphatic carbocycles. The highest BCUT2D eigenvalue weighted by molar-refractivity contribution is 5.92. The summed E-state index contributed by atoms with van der Waals surface area (Å²) < 4.78 is 1.59. The molecular formula is C12H15N3O2. The number of hydroxylamine groups is 1. The molecule has 1 N–H and O–H groups in total. The van der Waals surface area contributed by atoms with Crippen molar-refractivity contribution in [3.63, 3.8) is 0 Å². The van der Waals surface area contributed by atoms with Crippen LogP contribution in [0.4, 0.5) is 0 Å². The van der Waals surface area contributed by atoms with Crippen LogP contribution in [0.25, 0.3) is 5.52 Å². The number of hydrogen-bond donors (Lipinski definition) is 1. The summed E-state index contributed by atoms with van der Waals surface area (Å²) in [4.78, 5) is 17.0. The van der Waals surface area contributed by atoms with E-state index >= 15 is 0 Å². The van der Waals surface area contributed by atoms with Gasteiger partial charge in [-0.05, 0) is 44.5 Å². The maximum absolute atomic E-state index is 11.9. The van der Waals surface area contributed by atoms with E-state index in [-0.39, 0.29) is 12.0 Å². The third kappa shape index (κ3) is 2.45. The molecule has 5 heteroatoms. The highest BCUT2D eigenvalue weighted by Crippen LogP contribution is 2.10. The quantitative estimate of drug-likeness (QED) is 0.821. The van der Waals surface area contributed by atoms with Crippen LogP contribution in [0, 0.1) is 6.92 Å². The maximum atomic E-state index is 11.9. The minimum Gasteiger partial charge on any atom is -0.271 e. The number of nitrogens with one attached hydrogen (secondary N) is 1. The molecule has 0 bridgehead atoms. The molecule has 0 atom stereocenters. The number of rotatable bonds is 3. The Morgan fingerprint density at radius 1 is 1.47 bits per heavy atom. The van der Waals surface area contributed by atoms with Gasteiger partial charge in [0.15, 0.2) is 0 Å². The van der Waals surface area contributed by atoms with Crippen LogP contribution in [-0.2, 0) is 4.84 Å². The summed E-state index contributed by atoms with van der Waals surface area (Å²) in [6.07, 6.45) is 1.60. The molecule has 2 heterocycles. The Morgan fingerprint density at radius 2 is 2.24 bits per heavy atom. The molecular weight excluding hydrogens is 218 g/mol. The van der Waals surface area contributed by atoms with Gasteiger partial charge in [-0.15, -0.1) is 0 Å². The van der Waals surface area contributed by atoms with E-state index in [2.05, 4.69) is 10.6 Å². The van der Waals surface area contributed by atoms with E-state index in [9.17, 15) is 4.79 Å². The first-order valence-electron chi connectivity index (χ1n) is 5.48. The van der Waals surface area contributed by atoms with Crippen molar-refractivity contribution in [2.45, 2.75) is 26.9 Å². The Kier molecular flexibility index (Phi) is 3.10. The lowest BCUT2D eigenvalue weighted by Gasteiger charge is -2.10. The van der Waals surface area contributed by atoms with Crippen LogP contribution < -0.4 is 5.48 Å². The van der Waals surface area contributed by atoms with E-state index in [1.165, 1.54) is 0 Å². The standard InChI is InChI=1S/C12H15N3O2/c1-8(2)17-14-12(16)11-7-9(3)6-10-4-5-13-15(10)11/h4-8H,1-3H3,(H,14,16). The van der Waals surface area contributed by atoms with Gasteiger partial charge in [0.2, 0.25) is 0 Å². The lowest BCUT2D eigenvalue weighted by molar-refractivity contribution is -0.000293. The minimum absolute atomic E-state index is 0.0585. The van der Waals surface area contributed by atoms with Gasteiger partial charge in [0, 0.05) is 0 Å². The number of hydrogen-bond acceptors (Lipinski definition) is 3. The summed E-state index contributed by atoms with van der Waals surface area (Å²) in [6.45, 7) is 5.63. The average Bonchev–Trinajstić information content (AvgIpc) is 2.72. The molecule has 0 aromatic carbocycles. The molecule has 5 nitrogen and oxygen atoms in total. The van der Waals surface area contributed by atoms with Gasteiger partial charge in [-0.3, -0.25) is 9.63 Å². The Labute approximate surface area is 99.3 Å². The zero-order chi connectivity index (χ0) is 12.4. The van der Waals surface area contributed by atoms with E-state index in [1.54, 1.807) is 16.8 Å². The summed E-state index contributed by atoms with van der Waals surface area (Å²) in [6, 6.07) is 5.60. The SMILES string of the molecule is Cc1cc(C(=O)NOC(C)C)n2nccc2c1. The molecule has 0 unspecified atom stereocenters. The summed E-state index contributed by atoms with van der Waals surface area (Å²) in [5.41, 5.74) is 4.77. The van der Waals surface area contributed by atoms with Crippen molar-refractivity contribution in [3.05, 3.63) is 35.7 Å². The largest absolute Gasteiger partial charge is 0.293 e. The fourth-order valence-corrected chi connectivity index (χ4v) is 1.56. The van der Waals surface area contributed by atoms with Gasteiger partial charge in [0.1, 0.15) is 5.69 Å². The molecule has 1 amide bonds. The lowest BCUT2D eigenvalue weighted by atomic mass is 10.2. The van der Waals surface area contributed by atoms with Crippen molar-refractivity contribution < 1.29 is 9.63 Å². The molecule has 2 rings (SSSR count). The van der Waals surface area contributed by atoms with Gasteiger partial charge in [0.05, 0.1) is 17.8 Å². The summed E-state index contributed by atoms with van der Waals surface area (Å²) in [5, 5.41) is 4.11. The third-order valence-corrected chi connectivity index (χ3v) is 2.26. The van der Waals surface area contributed by atoms with Crippen LogP contribution in [-0.4, -0.2) is 21.6 Å².